The van der Waals surface area contributed by atoms with Crippen LogP contribution in [0.15, 0.2) is 84.6 Å². The Bertz CT molecular complexity index is 1860. The Balaban J connectivity index is 1.37. The van der Waals surface area contributed by atoms with Crippen LogP contribution >= 0.6 is 0 Å². The Morgan fingerprint density at radius 1 is 0.691 bits per heavy atom. The summed E-state index contributed by atoms with van der Waals surface area (Å²) >= 11 is 0. The molecule has 3 aromatic carbocycles. The van der Waals surface area contributed by atoms with Crippen LogP contribution in [0, 0.1) is 0 Å². The normalized spacial score (nSPS) is 13.7. The van der Waals surface area contributed by atoms with Gasteiger partial charge in [-0.25, -0.2) is 0 Å². The van der Waals surface area contributed by atoms with E-state index < -0.39 is 0 Å². The maximum Gasteiger partial charge on any atom is 0.203 e. The highest BCUT2D eigenvalue weighted by atomic mass is 16.5. The van der Waals surface area contributed by atoms with E-state index in [2.05, 4.69) is 59.2 Å². The third-order valence-electron chi connectivity index (χ3n) is 9.91. The highest BCUT2D eigenvalue weighted by molar-refractivity contribution is 5.69. The van der Waals surface area contributed by atoms with Crippen LogP contribution in [0.25, 0.3) is 11.3 Å². The van der Waals surface area contributed by atoms with Gasteiger partial charge in [0.15, 0.2) is 23.0 Å². The number of hydrogen-bond acceptors (Lipinski definition) is 11. The zero-order valence-electron chi connectivity index (χ0n) is 33.6. The first-order valence-corrected chi connectivity index (χ1v) is 18.4. The van der Waals surface area contributed by atoms with E-state index in [-0.39, 0.29) is 6.04 Å². The van der Waals surface area contributed by atoms with Gasteiger partial charge >= 0.3 is 0 Å². The Labute approximate surface area is 326 Å². The highest BCUT2D eigenvalue weighted by Crippen LogP contribution is 2.42. The van der Waals surface area contributed by atoms with Gasteiger partial charge in [-0.05, 0) is 79.3 Å². The predicted octanol–water partition coefficient (Wildman–Crippen LogP) is 8.03. The fraction of sp³-hybridized carbons (Fsp3) is 0.386. The molecule has 0 spiro atoms. The average Bonchev–Trinajstić information content (AvgIpc) is 3.23. The zero-order chi connectivity index (χ0) is 39.3. The first-order valence-electron chi connectivity index (χ1n) is 18.4. The van der Waals surface area contributed by atoms with Gasteiger partial charge in [0.25, 0.3) is 0 Å². The van der Waals surface area contributed by atoms with Gasteiger partial charge in [0, 0.05) is 67.9 Å². The number of rotatable bonds is 18. The molecule has 0 N–H and O–H groups in total. The van der Waals surface area contributed by atoms with Crippen LogP contribution in [-0.2, 0) is 13.0 Å². The molecule has 1 saturated heterocycles. The molecule has 2 heterocycles. The monoisotopic (exact) mass is 753 g/mol. The lowest BCUT2D eigenvalue weighted by Crippen LogP contribution is -2.45. The molecule has 1 aromatic heterocycles. The summed E-state index contributed by atoms with van der Waals surface area (Å²) < 4.78 is 44.9. The summed E-state index contributed by atoms with van der Waals surface area (Å²) in [7, 11) is 13.1. The number of anilines is 1. The van der Waals surface area contributed by atoms with E-state index in [1.54, 1.807) is 56.9 Å². The Kier molecular flexibility index (Phi) is 14.5. The predicted molar refractivity (Wildman–Crippen MR) is 217 cm³/mol. The molecule has 294 valence electrons. The Morgan fingerprint density at radius 2 is 1.25 bits per heavy atom. The summed E-state index contributed by atoms with van der Waals surface area (Å²) in [6, 6.07) is 18.4. The van der Waals surface area contributed by atoms with E-state index in [1.807, 2.05) is 36.5 Å². The molecule has 5 rings (SSSR count). The number of ether oxygens (including phenoxy) is 8. The van der Waals surface area contributed by atoms with Crippen LogP contribution < -0.4 is 42.8 Å². The molecule has 4 aromatic rings. The number of aromatic nitrogens is 1. The van der Waals surface area contributed by atoms with Crippen molar-refractivity contribution in [1.82, 2.24) is 9.88 Å². The number of methoxy groups -OCH3 is 8. The number of hydrogen-bond donors (Lipinski definition) is 0. The summed E-state index contributed by atoms with van der Waals surface area (Å²) in [5.74, 6) is 5.10. The third-order valence-corrected chi connectivity index (χ3v) is 9.91. The van der Waals surface area contributed by atoms with Crippen molar-refractivity contribution in [3.8, 4) is 57.3 Å². The molecule has 0 saturated carbocycles. The largest absolute Gasteiger partial charge is 0.497 e. The van der Waals surface area contributed by atoms with Crippen LogP contribution in [0.2, 0.25) is 0 Å². The molecule has 1 aliphatic rings. The zero-order valence-corrected chi connectivity index (χ0v) is 33.6. The first-order chi connectivity index (χ1) is 26.8. The van der Waals surface area contributed by atoms with Gasteiger partial charge in [-0.1, -0.05) is 18.2 Å². The Morgan fingerprint density at radius 3 is 1.76 bits per heavy atom. The number of allylic oxidation sites excluding steroid dienone is 2. The maximum atomic E-state index is 5.71. The van der Waals surface area contributed by atoms with Gasteiger partial charge in [0.05, 0.1) is 62.6 Å². The molecule has 1 aliphatic heterocycles. The van der Waals surface area contributed by atoms with Crippen LogP contribution in [0.3, 0.4) is 0 Å². The molecule has 0 aliphatic carbocycles. The number of nitrogens with zero attached hydrogens (tertiary/aromatic N) is 3. The number of likely N-dealkylation sites (tertiary alicyclic amines) is 1. The van der Waals surface area contributed by atoms with Crippen molar-refractivity contribution >= 4 is 5.69 Å². The number of pyridine rings is 1. The second-order valence-corrected chi connectivity index (χ2v) is 13.2. The van der Waals surface area contributed by atoms with Gasteiger partial charge in [-0.3, -0.25) is 9.88 Å². The van der Waals surface area contributed by atoms with E-state index in [9.17, 15) is 0 Å². The fourth-order valence-electron chi connectivity index (χ4n) is 7.09. The van der Waals surface area contributed by atoms with Gasteiger partial charge in [0.1, 0.15) is 11.5 Å². The number of piperidine rings is 1. The Hall–Kier alpha value is -5.55. The van der Waals surface area contributed by atoms with Crippen molar-refractivity contribution in [2.75, 3.05) is 81.4 Å². The molecule has 0 unspecified atom stereocenters. The average molecular weight is 754 g/mol. The van der Waals surface area contributed by atoms with E-state index >= 15 is 0 Å². The molecular formula is C44H55N3O8. The summed E-state index contributed by atoms with van der Waals surface area (Å²) in [5, 5.41) is 0. The standard InChI is InChI=1S/C44H55N3O8/c1-10-11-30(12-13-31-21-39(50-4)43(54-8)40(22-31)51-5)28-46-18-15-34(16-19-46)47(35-25-36(48-2)27-37(26-35)49-3)29-32-14-17-45-38(20-32)33-23-41(52-6)44(55-9)42(24-33)53-7/h10-12,14,17,20-27,34H,13,15-16,18-19,28-29H2,1-9H3/b11-10-,30-12+. The highest BCUT2D eigenvalue weighted by Gasteiger charge is 2.27. The quantitative estimate of drug-likeness (QED) is 0.0925. The van der Waals surface area contributed by atoms with Crippen LogP contribution in [0.4, 0.5) is 5.69 Å². The second-order valence-electron chi connectivity index (χ2n) is 13.2. The number of benzene rings is 3. The smallest absolute Gasteiger partial charge is 0.203 e. The van der Waals surface area contributed by atoms with Crippen molar-refractivity contribution in [1.29, 1.82) is 0 Å². The summed E-state index contributed by atoms with van der Waals surface area (Å²) in [5.41, 5.74) is 6.19. The lowest BCUT2D eigenvalue weighted by Gasteiger charge is -2.40. The van der Waals surface area contributed by atoms with Crippen molar-refractivity contribution in [2.24, 2.45) is 0 Å². The van der Waals surface area contributed by atoms with Crippen molar-refractivity contribution in [3.05, 3.63) is 95.7 Å². The van der Waals surface area contributed by atoms with Crippen LogP contribution in [-0.4, -0.2) is 92.4 Å². The molecule has 1 fully saturated rings. The van der Waals surface area contributed by atoms with E-state index in [1.165, 1.54) is 5.57 Å². The first kappa shape index (κ1) is 40.6. The van der Waals surface area contributed by atoms with Gasteiger partial charge in [-0.15, -0.1) is 0 Å². The maximum absolute atomic E-state index is 5.71. The topological polar surface area (TPSA) is 93.2 Å². The minimum absolute atomic E-state index is 0.277. The van der Waals surface area contributed by atoms with Crippen LogP contribution in [0.5, 0.6) is 46.0 Å². The van der Waals surface area contributed by atoms with E-state index in [4.69, 9.17) is 42.9 Å². The van der Waals surface area contributed by atoms with Gasteiger partial charge in [0.2, 0.25) is 11.5 Å². The molecule has 0 atom stereocenters. The molecule has 11 heteroatoms. The minimum atomic E-state index is 0.277. The molecule has 0 radical (unpaired) electrons. The summed E-state index contributed by atoms with van der Waals surface area (Å²) in [6.45, 7) is 5.49. The van der Waals surface area contributed by atoms with Crippen molar-refractivity contribution < 1.29 is 37.9 Å². The second kappa shape index (κ2) is 19.7. The van der Waals surface area contributed by atoms with Crippen molar-refractivity contribution in [3.63, 3.8) is 0 Å². The SMILES string of the molecule is C/C=C\C(=C/Cc1cc(OC)c(OC)c(OC)c1)CN1CCC(N(Cc2ccnc(-c3cc(OC)c(OC)c(OC)c3)c2)c2cc(OC)cc(OC)c2)CC1. The minimum Gasteiger partial charge on any atom is -0.497 e. The molecule has 11 nitrogen and oxygen atoms in total. The van der Waals surface area contributed by atoms with Gasteiger partial charge < -0.3 is 42.8 Å². The van der Waals surface area contributed by atoms with Crippen molar-refractivity contribution in [2.45, 2.75) is 38.8 Å². The summed E-state index contributed by atoms with van der Waals surface area (Å²) in [4.78, 5) is 9.74. The van der Waals surface area contributed by atoms with E-state index in [0.29, 0.717) is 41.0 Å². The summed E-state index contributed by atoms with van der Waals surface area (Å²) in [6.07, 6.45) is 11.2. The molecular weight excluding hydrogens is 698 g/mol. The lowest BCUT2D eigenvalue weighted by molar-refractivity contribution is 0.224. The lowest BCUT2D eigenvalue weighted by atomic mass is 9.99. The fourth-order valence-corrected chi connectivity index (χ4v) is 7.09. The van der Waals surface area contributed by atoms with Gasteiger partial charge in [-0.2, -0.15) is 0 Å². The molecule has 55 heavy (non-hydrogen) atoms. The van der Waals surface area contributed by atoms with E-state index in [0.717, 1.165) is 78.5 Å². The van der Waals surface area contributed by atoms with Crippen LogP contribution in [0.1, 0.15) is 30.9 Å². The molecule has 0 amide bonds. The molecule has 0 bridgehead atoms. The third kappa shape index (κ3) is 9.96.